The van der Waals surface area contributed by atoms with Crippen LogP contribution in [0, 0.1) is 0 Å². The Bertz CT molecular complexity index is 808. The largest absolute Gasteiger partial charge is 0.492 e. The molecule has 0 amide bonds. The maximum atomic E-state index is 6.02. The molecule has 0 unspecified atom stereocenters. The lowest BCUT2D eigenvalue weighted by atomic mass is 10.1. The summed E-state index contributed by atoms with van der Waals surface area (Å²) in [6, 6.07) is 12.7. The molecule has 134 valence electrons. The Hall–Kier alpha value is -1.48. The first-order chi connectivity index (χ1) is 12.3. The molecule has 0 saturated heterocycles. The zero-order valence-corrected chi connectivity index (χ0v) is 16.7. The third-order valence-electron chi connectivity index (χ3n) is 4.81. The molecule has 0 bridgehead atoms. The molecule has 0 saturated carbocycles. The summed E-state index contributed by atoms with van der Waals surface area (Å²) in [5, 5.41) is 2.50. The number of ether oxygens (including phenoxy) is 1. The van der Waals surface area contributed by atoms with Gasteiger partial charge in [0, 0.05) is 22.4 Å². The van der Waals surface area contributed by atoms with Gasteiger partial charge in [-0.25, -0.2) is 0 Å². The van der Waals surface area contributed by atoms with Crippen LogP contribution >= 0.6 is 15.9 Å². The smallest absolute Gasteiger partial charge is 0.135 e. The van der Waals surface area contributed by atoms with Gasteiger partial charge in [0.15, 0.2) is 0 Å². The fourth-order valence-electron chi connectivity index (χ4n) is 3.38. The molecule has 0 fully saturated rings. The highest BCUT2D eigenvalue weighted by Gasteiger charge is 2.09. The van der Waals surface area contributed by atoms with E-state index in [2.05, 4.69) is 64.2 Å². The number of rotatable bonds is 10. The molecule has 0 spiro atoms. The zero-order chi connectivity index (χ0) is 17.5. The number of H-pyrrole nitrogens is 1. The number of aromatic amines is 1. The van der Waals surface area contributed by atoms with Crippen LogP contribution in [-0.4, -0.2) is 11.6 Å². The molecule has 1 aromatic heterocycles. The van der Waals surface area contributed by atoms with Gasteiger partial charge in [-0.05, 0) is 34.5 Å². The summed E-state index contributed by atoms with van der Waals surface area (Å²) < 4.78 is 7.05. The fourth-order valence-corrected chi connectivity index (χ4v) is 3.84. The Labute approximate surface area is 159 Å². The summed E-state index contributed by atoms with van der Waals surface area (Å²) in [5.74, 6) is 0.932. The van der Waals surface area contributed by atoms with Gasteiger partial charge in [0.2, 0.25) is 0 Å². The van der Waals surface area contributed by atoms with E-state index in [-0.39, 0.29) is 0 Å². The topological polar surface area (TPSA) is 25.0 Å². The van der Waals surface area contributed by atoms with E-state index in [4.69, 9.17) is 4.74 Å². The van der Waals surface area contributed by atoms with E-state index >= 15 is 0 Å². The summed E-state index contributed by atoms with van der Waals surface area (Å²) >= 11 is 3.67. The normalized spacial score (nSPS) is 11.4. The van der Waals surface area contributed by atoms with Gasteiger partial charge in [0.25, 0.3) is 0 Å². The van der Waals surface area contributed by atoms with Crippen molar-refractivity contribution in [1.29, 1.82) is 0 Å². The van der Waals surface area contributed by atoms with E-state index in [1.54, 1.807) is 0 Å². The van der Waals surface area contributed by atoms with Crippen molar-refractivity contribution >= 4 is 37.7 Å². The molecule has 0 radical (unpaired) electrons. The second kappa shape index (κ2) is 9.28. The molecular formula is C22H28BrNO. The van der Waals surface area contributed by atoms with Gasteiger partial charge in [-0.15, -0.1) is 0 Å². The fraction of sp³-hybridized carbons (Fsp3) is 0.455. The summed E-state index contributed by atoms with van der Waals surface area (Å²) in [7, 11) is 0. The average Bonchev–Trinajstić information content (AvgIpc) is 2.98. The number of nitrogens with one attached hydrogen (secondary N) is 1. The van der Waals surface area contributed by atoms with Crippen molar-refractivity contribution in [2.45, 2.75) is 58.3 Å². The van der Waals surface area contributed by atoms with E-state index in [0.717, 1.165) is 28.8 Å². The molecule has 2 aromatic carbocycles. The van der Waals surface area contributed by atoms with Crippen LogP contribution in [-0.2, 0) is 0 Å². The zero-order valence-electron chi connectivity index (χ0n) is 15.1. The molecule has 0 aliphatic carbocycles. The first-order valence-electron chi connectivity index (χ1n) is 9.62. The number of halogens is 1. The highest BCUT2D eigenvalue weighted by atomic mass is 79.9. The lowest BCUT2D eigenvalue weighted by Gasteiger charge is -2.08. The molecule has 1 N–H and O–H groups in total. The molecule has 3 aromatic rings. The Kier molecular flexibility index (Phi) is 6.80. The molecule has 0 aliphatic heterocycles. The van der Waals surface area contributed by atoms with Crippen molar-refractivity contribution < 1.29 is 4.74 Å². The molecule has 2 nitrogen and oxygen atoms in total. The van der Waals surface area contributed by atoms with Gasteiger partial charge in [-0.3, -0.25) is 0 Å². The Morgan fingerprint density at radius 3 is 2.36 bits per heavy atom. The third-order valence-corrected chi connectivity index (χ3v) is 5.43. The van der Waals surface area contributed by atoms with E-state index in [9.17, 15) is 0 Å². The molecule has 3 heteroatoms. The van der Waals surface area contributed by atoms with Gasteiger partial charge in [-0.2, -0.15) is 0 Å². The summed E-state index contributed by atoms with van der Waals surface area (Å²) in [4.78, 5) is 3.48. The van der Waals surface area contributed by atoms with Crippen LogP contribution in [0.1, 0.15) is 58.3 Å². The predicted octanol–water partition coefficient (Wildman–Crippen LogP) is 7.60. The molecular weight excluding hydrogens is 374 g/mol. The first kappa shape index (κ1) is 18.3. The van der Waals surface area contributed by atoms with Crippen LogP contribution in [0.2, 0.25) is 0 Å². The maximum absolute atomic E-state index is 6.02. The summed E-state index contributed by atoms with van der Waals surface area (Å²) in [6.45, 7) is 3.06. The van der Waals surface area contributed by atoms with E-state index in [1.165, 1.54) is 61.2 Å². The van der Waals surface area contributed by atoms with E-state index < -0.39 is 0 Å². The molecule has 1 heterocycles. The van der Waals surface area contributed by atoms with Crippen molar-refractivity contribution in [2.24, 2.45) is 0 Å². The van der Waals surface area contributed by atoms with Crippen LogP contribution in [0.5, 0.6) is 5.75 Å². The van der Waals surface area contributed by atoms with Gasteiger partial charge in [-0.1, -0.05) is 70.1 Å². The van der Waals surface area contributed by atoms with Crippen LogP contribution < -0.4 is 4.74 Å². The number of fused-ring (bicyclic) bond motifs is 3. The van der Waals surface area contributed by atoms with Crippen LogP contribution in [0.3, 0.4) is 0 Å². The van der Waals surface area contributed by atoms with Gasteiger partial charge in [0.1, 0.15) is 5.75 Å². The summed E-state index contributed by atoms with van der Waals surface area (Å²) in [5.41, 5.74) is 2.31. The van der Waals surface area contributed by atoms with Crippen LogP contribution in [0.15, 0.2) is 40.9 Å². The third kappa shape index (κ3) is 4.78. The minimum Gasteiger partial charge on any atom is -0.492 e. The summed E-state index contributed by atoms with van der Waals surface area (Å²) in [6.07, 6.45) is 10.6. The van der Waals surface area contributed by atoms with Crippen molar-refractivity contribution in [1.82, 2.24) is 4.98 Å². The standard InChI is InChI=1S/C22H28BrNO/c1-2-3-4-5-6-7-8-11-14-25-22-16-21-18(15-19(22)23)17-12-9-10-13-20(17)24-21/h9-10,12-13,15-16,24H,2-8,11,14H2,1H3. The lowest BCUT2D eigenvalue weighted by molar-refractivity contribution is 0.303. The number of unbranched alkanes of at least 4 members (excludes halogenated alkanes) is 7. The van der Waals surface area contributed by atoms with Crippen molar-refractivity contribution in [2.75, 3.05) is 6.61 Å². The SMILES string of the molecule is CCCCCCCCCCOc1cc2[nH]c3ccccc3c2cc1Br. The van der Waals surface area contributed by atoms with Crippen molar-refractivity contribution in [3.8, 4) is 5.75 Å². The van der Waals surface area contributed by atoms with E-state index in [0.29, 0.717) is 0 Å². The van der Waals surface area contributed by atoms with Gasteiger partial charge in [0.05, 0.1) is 16.6 Å². The molecule has 0 atom stereocenters. The first-order valence-corrected chi connectivity index (χ1v) is 10.4. The molecule has 3 rings (SSSR count). The Balaban J connectivity index is 1.50. The van der Waals surface area contributed by atoms with Gasteiger partial charge >= 0.3 is 0 Å². The highest BCUT2D eigenvalue weighted by Crippen LogP contribution is 2.34. The van der Waals surface area contributed by atoms with Gasteiger partial charge < -0.3 is 9.72 Å². The lowest BCUT2D eigenvalue weighted by Crippen LogP contribution is -1.98. The number of benzene rings is 2. The highest BCUT2D eigenvalue weighted by molar-refractivity contribution is 9.10. The number of aromatic nitrogens is 1. The minimum atomic E-state index is 0.791. The van der Waals surface area contributed by atoms with Crippen molar-refractivity contribution in [3.05, 3.63) is 40.9 Å². The second-order valence-corrected chi connectivity index (χ2v) is 7.68. The second-order valence-electron chi connectivity index (χ2n) is 6.82. The maximum Gasteiger partial charge on any atom is 0.135 e. The van der Waals surface area contributed by atoms with Crippen LogP contribution in [0.25, 0.3) is 21.8 Å². The van der Waals surface area contributed by atoms with E-state index in [1.807, 2.05) is 0 Å². The Morgan fingerprint density at radius 1 is 0.840 bits per heavy atom. The van der Waals surface area contributed by atoms with Crippen LogP contribution in [0.4, 0.5) is 0 Å². The minimum absolute atomic E-state index is 0.791. The average molecular weight is 402 g/mol. The number of hydrogen-bond donors (Lipinski definition) is 1. The number of hydrogen-bond acceptors (Lipinski definition) is 1. The molecule has 25 heavy (non-hydrogen) atoms. The van der Waals surface area contributed by atoms with Crippen molar-refractivity contribution in [3.63, 3.8) is 0 Å². The quantitative estimate of drug-likeness (QED) is 0.347. The predicted molar refractivity (Wildman–Crippen MR) is 112 cm³/mol. The number of para-hydroxylation sites is 1. The molecule has 0 aliphatic rings. The Morgan fingerprint density at radius 2 is 1.56 bits per heavy atom. The monoisotopic (exact) mass is 401 g/mol.